The van der Waals surface area contributed by atoms with E-state index in [1.165, 1.54) is 0 Å². The second-order valence-corrected chi connectivity index (χ2v) is 7.78. The van der Waals surface area contributed by atoms with Crippen molar-refractivity contribution >= 4 is 34.7 Å². The Bertz CT molecular complexity index is 857. The van der Waals surface area contributed by atoms with Crippen molar-refractivity contribution in [3.05, 3.63) is 82.6 Å². The summed E-state index contributed by atoms with van der Waals surface area (Å²) < 4.78 is 25.4. The molecule has 1 atom stereocenters. The third-order valence-electron chi connectivity index (χ3n) is 3.92. The number of para-hydroxylation sites is 1. The number of amides is 1. The maximum absolute atomic E-state index is 12.7. The van der Waals surface area contributed by atoms with Crippen LogP contribution in [0, 0.1) is 0 Å². The molecular formula is C20H19F2N2OS2+. The fraction of sp³-hybridized carbons (Fsp3) is 0.150. The van der Waals surface area contributed by atoms with Gasteiger partial charge >= 0.3 is 0 Å². The summed E-state index contributed by atoms with van der Waals surface area (Å²) in [6.45, 7) is 0.186. The van der Waals surface area contributed by atoms with Crippen molar-refractivity contribution in [2.24, 2.45) is 0 Å². The zero-order chi connectivity index (χ0) is 19.1. The highest BCUT2D eigenvalue weighted by Crippen LogP contribution is 2.31. The minimum atomic E-state index is -2.53. The summed E-state index contributed by atoms with van der Waals surface area (Å²) in [5, 5.41) is 6.72. The number of benzene rings is 2. The van der Waals surface area contributed by atoms with Gasteiger partial charge in [-0.05, 0) is 23.6 Å². The minimum Gasteiger partial charge on any atom is -0.328 e. The molecule has 1 aromatic heterocycles. The largest absolute Gasteiger partial charge is 0.328 e. The van der Waals surface area contributed by atoms with Crippen LogP contribution in [-0.4, -0.2) is 18.2 Å². The predicted molar refractivity (Wildman–Crippen MR) is 106 cm³/mol. The first-order valence-corrected chi connectivity index (χ1v) is 10.1. The van der Waals surface area contributed by atoms with Crippen LogP contribution >= 0.6 is 23.1 Å². The quantitative estimate of drug-likeness (QED) is 0.547. The predicted octanol–water partition coefficient (Wildman–Crippen LogP) is 4.35. The van der Waals surface area contributed by atoms with E-state index in [1.54, 1.807) is 35.6 Å². The lowest BCUT2D eigenvalue weighted by Crippen LogP contribution is -2.87. The number of anilines is 1. The van der Waals surface area contributed by atoms with Crippen molar-refractivity contribution in [2.45, 2.75) is 16.7 Å². The number of hydrogen-bond donors (Lipinski definition) is 2. The van der Waals surface area contributed by atoms with Gasteiger partial charge in [0.15, 0.2) is 6.54 Å². The molecule has 0 aliphatic carbocycles. The highest BCUT2D eigenvalue weighted by molar-refractivity contribution is 7.99. The molecule has 3 aromatic rings. The van der Waals surface area contributed by atoms with Gasteiger partial charge in [0, 0.05) is 10.5 Å². The van der Waals surface area contributed by atoms with E-state index in [0.717, 1.165) is 10.4 Å². The van der Waals surface area contributed by atoms with E-state index in [2.05, 4.69) is 5.32 Å². The van der Waals surface area contributed by atoms with Crippen LogP contribution in [0.3, 0.4) is 0 Å². The second-order valence-electron chi connectivity index (χ2n) is 5.77. The van der Waals surface area contributed by atoms with Crippen LogP contribution in [0.15, 0.2) is 77.0 Å². The third kappa shape index (κ3) is 5.63. The Kier molecular flexibility index (Phi) is 6.98. The van der Waals surface area contributed by atoms with Crippen LogP contribution in [0.25, 0.3) is 0 Å². The van der Waals surface area contributed by atoms with Gasteiger partial charge in [-0.3, -0.25) is 4.79 Å². The molecule has 27 heavy (non-hydrogen) atoms. The first kappa shape index (κ1) is 19.5. The number of thioether (sulfide) groups is 1. The van der Waals surface area contributed by atoms with Crippen molar-refractivity contribution < 1.29 is 18.9 Å². The summed E-state index contributed by atoms with van der Waals surface area (Å²) in [7, 11) is 0. The van der Waals surface area contributed by atoms with Crippen LogP contribution < -0.4 is 10.6 Å². The SMILES string of the molecule is O=C(C[NH2+][C@@H](c1ccccc1)c1cccs1)Nc1ccccc1SC(F)F. The van der Waals surface area contributed by atoms with Crippen molar-refractivity contribution in [1.29, 1.82) is 0 Å². The molecule has 0 bridgehead atoms. The molecule has 0 unspecified atom stereocenters. The highest BCUT2D eigenvalue weighted by Gasteiger charge is 2.20. The van der Waals surface area contributed by atoms with Gasteiger partial charge in [-0.1, -0.05) is 60.3 Å². The molecule has 1 heterocycles. The number of halogens is 2. The van der Waals surface area contributed by atoms with E-state index in [4.69, 9.17) is 0 Å². The average Bonchev–Trinajstić information content (AvgIpc) is 3.18. The lowest BCUT2D eigenvalue weighted by atomic mass is 10.1. The lowest BCUT2D eigenvalue weighted by molar-refractivity contribution is -0.675. The number of carbonyl (C=O) groups is 1. The Morgan fingerprint density at radius 3 is 2.48 bits per heavy atom. The molecule has 3 rings (SSSR count). The molecule has 0 aliphatic heterocycles. The number of alkyl halides is 2. The van der Waals surface area contributed by atoms with Gasteiger partial charge in [-0.25, -0.2) is 0 Å². The van der Waals surface area contributed by atoms with Crippen LogP contribution in [0.5, 0.6) is 0 Å². The number of carbonyl (C=O) groups excluding carboxylic acids is 1. The first-order valence-electron chi connectivity index (χ1n) is 8.39. The number of quaternary nitrogens is 1. The average molecular weight is 406 g/mol. The van der Waals surface area contributed by atoms with E-state index in [-0.39, 0.29) is 18.5 Å². The van der Waals surface area contributed by atoms with E-state index in [0.29, 0.717) is 22.3 Å². The van der Waals surface area contributed by atoms with Crippen LogP contribution in [0.2, 0.25) is 0 Å². The van der Waals surface area contributed by atoms with Crippen molar-refractivity contribution in [3.8, 4) is 0 Å². The molecule has 3 N–H and O–H groups in total. The fourth-order valence-electron chi connectivity index (χ4n) is 2.74. The van der Waals surface area contributed by atoms with Crippen LogP contribution in [0.1, 0.15) is 16.5 Å². The number of nitrogens with two attached hydrogens (primary N) is 1. The minimum absolute atomic E-state index is 0.0163. The molecule has 7 heteroatoms. The molecule has 0 fully saturated rings. The zero-order valence-corrected chi connectivity index (χ0v) is 16.0. The summed E-state index contributed by atoms with van der Waals surface area (Å²) in [6, 6.07) is 20.6. The van der Waals surface area contributed by atoms with E-state index in [9.17, 15) is 13.6 Å². The molecule has 0 radical (unpaired) electrons. The van der Waals surface area contributed by atoms with Gasteiger partial charge in [0.2, 0.25) is 0 Å². The van der Waals surface area contributed by atoms with E-state index >= 15 is 0 Å². The Hall–Kier alpha value is -2.22. The molecule has 0 saturated heterocycles. The van der Waals surface area contributed by atoms with Gasteiger partial charge in [-0.2, -0.15) is 8.78 Å². The van der Waals surface area contributed by atoms with Gasteiger partial charge in [0.05, 0.1) is 10.6 Å². The van der Waals surface area contributed by atoms with Gasteiger partial charge in [0.1, 0.15) is 6.04 Å². The normalized spacial score (nSPS) is 12.1. The molecular weight excluding hydrogens is 386 g/mol. The van der Waals surface area contributed by atoms with Crippen molar-refractivity contribution in [1.82, 2.24) is 0 Å². The van der Waals surface area contributed by atoms with Gasteiger partial charge < -0.3 is 10.6 Å². The third-order valence-corrected chi connectivity index (χ3v) is 5.67. The number of thiophene rings is 1. The number of hydrogen-bond acceptors (Lipinski definition) is 3. The molecule has 3 nitrogen and oxygen atoms in total. The Labute approximate surface area is 164 Å². The maximum atomic E-state index is 12.7. The molecule has 2 aromatic carbocycles. The van der Waals surface area contributed by atoms with Crippen molar-refractivity contribution in [2.75, 3.05) is 11.9 Å². The summed E-state index contributed by atoms with van der Waals surface area (Å²) >= 11 is 2.07. The van der Waals surface area contributed by atoms with Gasteiger partial charge in [0.25, 0.3) is 11.7 Å². The van der Waals surface area contributed by atoms with E-state index in [1.807, 2.05) is 53.2 Å². The molecule has 140 valence electrons. The number of nitrogens with one attached hydrogen (secondary N) is 1. The topological polar surface area (TPSA) is 45.7 Å². The summed E-state index contributed by atoms with van der Waals surface area (Å²) in [5.41, 5.74) is 1.52. The zero-order valence-electron chi connectivity index (χ0n) is 14.3. The Morgan fingerprint density at radius 1 is 1.04 bits per heavy atom. The van der Waals surface area contributed by atoms with E-state index < -0.39 is 5.76 Å². The highest BCUT2D eigenvalue weighted by atomic mass is 32.2. The van der Waals surface area contributed by atoms with Crippen LogP contribution in [0.4, 0.5) is 14.5 Å². The second kappa shape index (κ2) is 9.64. The number of rotatable bonds is 8. The van der Waals surface area contributed by atoms with Gasteiger partial charge in [-0.15, -0.1) is 11.3 Å². The standard InChI is InChI=1S/C20H18F2N2OS2/c21-20(22)27-16-10-5-4-9-15(16)24-18(25)13-23-19(17-11-6-12-26-17)14-7-2-1-3-8-14/h1-12,19-20,23H,13H2,(H,24,25)/p+1/t19-/m0/s1. The smallest absolute Gasteiger partial charge is 0.288 e. The maximum Gasteiger partial charge on any atom is 0.288 e. The molecule has 0 spiro atoms. The molecule has 0 saturated carbocycles. The molecule has 0 aliphatic rings. The summed E-state index contributed by atoms with van der Waals surface area (Å²) in [4.78, 5) is 13.9. The fourth-order valence-corrected chi connectivity index (χ4v) is 4.19. The van der Waals surface area contributed by atoms with Crippen molar-refractivity contribution in [3.63, 3.8) is 0 Å². The summed E-state index contributed by atoms with van der Waals surface area (Å²) in [5.74, 6) is -2.76. The molecule has 1 amide bonds. The Morgan fingerprint density at radius 2 is 1.78 bits per heavy atom. The monoisotopic (exact) mass is 405 g/mol. The van der Waals surface area contributed by atoms with Crippen LogP contribution in [-0.2, 0) is 4.79 Å². The lowest BCUT2D eigenvalue weighted by Gasteiger charge is -2.15. The Balaban J connectivity index is 1.67. The first-order chi connectivity index (χ1) is 13.1. The summed E-state index contributed by atoms with van der Waals surface area (Å²) in [6.07, 6.45) is 0.